The third kappa shape index (κ3) is 5.17. The first-order valence-electron chi connectivity index (χ1n) is 9.35. The van der Waals surface area contributed by atoms with Crippen molar-refractivity contribution in [1.82, 2.24) is 0 Å². The quantitative estimate of drug-likeness (QED) is 0.469. The number of hydrogen-bond donors (Lipinski definition) is 1. The summed E-state index contributed by atoms with van der Waals surface area (Å²) < 4.78 is 5.45. The number of benzene rings is 3. The third-order valence-electron chi connectivity index (χ3n) is 4.36. The van der Waals surface area contributed by atoms with Gasteiger partial charge in [0.15, 0.2) is 6.10 Å². The molecule has 0 spiro atoms. The molecule has 3 rings (SSSR count). The topological polar surface area (TPSA) is 72.5 Å². The van der Waals surface area contributed by atoms with Crippen LogP contribution in [0.1, 0.15) is 44.4 Å². The van der Waals surface area contributed by atoms with Crippen LogP contribution in [0.2, 0.25) is 0 Å². The highest BCUT2D eigenvalue weighted by atomic mass is 16.5. The molecule has 0 radical (unpaired) electrons. The van der Waals surface area contributed by atoms with E-state index in [9.17, 15) is 14.4 Å². The van der Waals surface area contributed by atoms with Crippen LogP contribution in [0.15, 0.2) is 84.9 Å². The predicted molar refractivity (Wildman–Crippen MR) is 111 cm³/mol. The molecule has 5 heteroatoms. The van der Waals surface area contributed by atoms with Crippen molar-refractivity contribution in [3.05, 3.63) is 102 Å². The fraction of sp³-hybridized carbons (Fsp3) is 0.125. The normalized spacial score (nSPS) is 11.3. The predicted octanol–water partition coefficient (Wildman–Crippen LogP) is 4.76. The lowest BCUT2D eigenvalue weighted by Crippen LogP contribution is -2.27. The number of carbonyl (C=O) groups is 3. The van der Waals surface area contributed by atoms with Gasteiger partial charge in [-0.25, -0.2) is 4.79 Å². The lowest BCUT2D eigenvalue weighted by Gasteiger charge is -2.15. The number of rotatable bonds is 7. The summed E-state index contributed by atoms with van der Waals surface area (Å²) >= 11 is 0. The van der Waals surface area contributed by atoms with Gasteiger partial charge in [0.25, 0.3) is 5.91 Å². The molecule has 0 fully saturated rings. The zero-order chi connectivity index (χ0) is 20.6. The number of ether oxygens (including phenoxy) is 1. The standard InChI is InChI=1S/C24H21NO4/c1-2-21(22(26)17-10-5-3-6-11-17)29-24(28)19-14-9-15-20(16-19)25-23(27)18-12-7-4-8-13-18/h3-16,21H,2H2,1H3,(H,25,27)/t21-/m1/s1. The van der Waals surface area contributed by atoms with Gasteiger partial charge >= 0.3 is 5.97 Å². The second kappa shape index (κ2) is 9.46. The van der Waals surface area contributed by atoms with Crippen molar-refractivity contribution in [2.24, 2.45) is 0 Å². The van der Waals surface area contributed by atoms with Gasteiger partial charge in [0.2, 0.25) is 5.78 Å². The summed E-state index contributed by atoms with van der Waals surface area (Å²) in [6.45, 7) is 1.79. The van der Waals surface area contributed by atoms with E-state index in [1.165, 1.54) is 6.07 Å². The molecule has 0 heterocycles. The van der Waals surface area contributed by atoms with Crippen molar-refractivity contribution in [2.45, 2.75) is 19.4 Å². The van der Waals surface area contributed by atoms with E-state index >= 15 is 0 Å². The van der Waals surface area contributed by atoms with Gasteiger partial charge in [0.1, 0.15) is 0 Å². The molecule has 1 N–H and O–H groups in total. The summed E-state index contributed by atoms with van der Waals surface area (Å²) in [5.41, 5.74) is 1.74. The Morgan fingerprint density at radius 2 is 1.38 bits per heavy atom. The highest BCUT2D eigenvalue weighted by Gasteiger charge is 2.23. The number of hydrogen-bond acceptors (Lipinski definition) is 4. The fourth-order valence-electron chi connectivity index (χ4n) is 2.82. The molecule has 1 atom stereocenters. The minimum absolute atomic E-state index is 0.241. The molecule has 0 saturated carbocycles. The summed E-state index contributed by atoms with van der Waals surface area (Å²) in [5.74, 6) is -1.13. The van der Waals surface area contributed by atoms with Crippen LogP contribution in [0.4, 0.5) is 5.69 Å². The number of esters is 1. The number of nitrogens with one attached hydrogen (secondary N) is 1. The van der Waals surface area contributed by atoms with Crippen LogP contribution in [0.5, 0.6) is 0 Å². The molecule has 146 valence electrons. The molecule has 0 aromatic heterocycles. The Labute approximate surface area is 169 Å². The second-order valence-corrected chi connectivity index (χ2v) is 6.43. The summed E-state index contributed by atoms with van der Waals surface area (Å²) in [6.07, 6.45) is -0.503. The maximum Gasteiger partial charge on any atom is 0.338 e. The van der Waals surface area contributed by atoms with Crippen molar-refractivity contribution in [2.75, 3.05) is 5.32 Å². The van der Waals surface area contributed by atoms with Crippen LogP contribution < -0.4 is 5.32 Å². The first-order valence-corrected chi connectivity index (χ1v) is 9.35. The summed E-state index contributed by atoms with van der Waals surface area (Å²) in [6, 6.07) is 24.0. The van der Waals surface area contributed by atoms with E-state index < -0.39 is 12.1 Å². The molecular formula is C24H21NO4. The summed E-state index contributed by atoms with van der Waals surface area (Å²) in [7, 11) is 0. The zero-order valence-electron chi connectivity index (χ0n) is 16.0. The van der Waals surface area contributed by atoms with Crippen molar-refractivity contribution >= 4 is 23.3 Å². The molecule has 1 amide bonds. The van der Waals surface area contributed by atoms with Crippen molar-refractivity contribution < 1.29 is 19.1 Å². The molecule has 3 aromatic rings. The minimum Gasteiger partial charge on any atom is -0.450 e. The van der Waals surface area contributed by atoms with Gasteiger partial charge in [-0.15, -0.1) is 0 Å². The van der Waals surface area contributed by atoms with Gasteiger partial charge in [0, 0.05) is 16.8 Å². The van der Waals surface area contributed by atoms with Gasteiger partial charge in [-0.1, -0.05) is 61.5 Å². The summed E-state index contributed by atoms with van der Waals surface area (Å²) in [4.78, 5) is 37.4. The molecule has 0 unspecified atom stereocenters. The van der Waals surface area contributed by atoms with Gasteiger partial charge < -0.3 is 10.1 Å². The van der Waals surface area contributed by atoms with Crippen LogP contribution in [0.25, 0.3) is 0 Å². The van der Waals surface area contributed by atoms with E-state index in [1.54, 1.807) is 73.7 Å². The molecule has 0 saturated heterocycles. The maximum atomic E-state index is 12.6. The number of anilines is 1. The van der Waals surface area contributed by atoms with Crippen molar-refractivity contribution in [1.29, 1.82) is 0 Å². The van der Waals surface area contributed by atoms with E-state index in [2.05, 4.69) is 5.32 Å². The number of carbonyl (C=O) groups excluding carboxylic acids is 3. The monoisotopic (exact) mass is 387 g/mol. The van der Waals surface area contributed by atoms with Crippen LogP contribution in [0.3, 0.4) is 0 Å². The SMILES string of the molecule is CC[C@@H](OC(=O)c1cccc(NC(=O)c2ccccc2)c1)C(=O)c1ccccc1. The highest BCUT2D eigenvalue weighted by Crippen LogP contribution is 2.16. The Balaban J connectivity index is 1.70. The van der Waals surface area contributed by atoms with E-state index in [0.717, 1.165) is 0 Å². The van der Waals surface area contributed by atoms with Crippen molar-refractivity contribution in [3.63, 3.8) is 0 Å². The Morgan fingerprint density at radius 1 is 0.793 bits per heavy atom. The number of amides is 1. The first kappa shape index (κ1) is 20.0. The molecular weight excluding hydrogens is 366 g/mol. The lowest BCUT2D eigenvalue weighted by molar-refractivity contribution is 0.0277. The van der Waals surface area contributed by atoms with Crippen LogP contribution in [-0.2, 0) is 4.74 Å². The minimum atomic E-state index is -0.868. The van der Waals surface area contributed by atoms with Gasteiger partial charge in [-0.2, -0.15) is 0 Å². The highest BCUT2D eigenvalue weighted by molar-refractivity contribution is 6.05. The number of ketones is 1. The molecule has 5 nitrogen and oxygen atoms in total. The van der Waals surface area contributed by atoms with E-state index in [1.807, 2.05) is 12.1 Å². The van der Waals surface area contributed by atoms with Gasteiger partial charge in [0.05, 0.1) is 5.56 Å². The Kier molecular flexibility index (Phi) is 6.53. The average molecular weight is 387 g/mol. The smallest absolute Gasteiger partial charge is 0.338 e. The van der Waals surface area contributed by atoms with Gasteiger partial charge in [-0.3, -0.25) is 9.59 Å². The second-order valence-electron chi connectivity index (χ2n) is 6.43. The van der Waals surface area contributed by atoms with Gasteiger partial charge in [-0.05, 0) is 36.8 Å². The maximum absolute atomic E-state index is 12.6. The average Bonchev–Trinajstić information content (AvgIpc) is 2.78. The van der Waals surface area contributed by atoms with Crippen molar-refractivity contribution in [3.8, 4) is 0 Å². The Bertz CT molecular complexity index is 1000. The fourth-order valence-corrected chi connectivity index (χ4v) is 2.82. The Hall–Kier alpha value is -3.73. The van der Waals surface area contributed by atoms with Crippen LogP contribution in [-0.4, -0.2) is 23.8 Å². The molecule has 0 aliphatic rings. The van der Waals surface area contributed by atoms with Crippen LogP contribution in [0, 0.1) is 0 Å². The first-order chi connectivity index (χ1) is 14.1. The molecule has 0 aliphatic heterocycles. The lowest BCUT2D eigenvalue weighted by atomic mass is 10.0. The number of Topliss-reactive ketones (excluding diaryl/α,β-unsaturated/α-hetero) is 1. The summed E-state index contributed by atoms with van der Waals surface area (Å²) in [5, 5.41) is 2.76. The van der Waals surface area contributed by atoms with E-state index in [0.29, 0.717) is 23.2 Å². The third-order valence-corrected chi connectivity index (χ3v) is 4.36. The Morgan fingerprint density at radius 3 is 2.00 bits per heavy atom. The molecule has 29 heavy (non-hydrogen) atoms. The van der Waals surface area contributed by atoms with E-state index in [-0.39, 0.29) is 17.3 Å². The van der Waals surface area contributed by atoms with Crippen LogP contribution >= 0.6 is 0 Å². The molecule has 0 bridgehead atoms. The molecule has 0 aliphatic carbocycles. The van der Waals surface area contributed by atoms with E-state index in [4.69, 9.17) is 4.74 Å². The zero-order valence-corrected chi connectivity index (χ0v) is 16.0. The largest absolute Gasteiger partial charge is 0.450 e. The molecule has 3 aromatic carbocycles.